The van der Waals surface area contributed by atoms with Gasteiger partial charge in [-0.15, -0.1) is 0 Å². The van der Waals surface area contributed by atoms with Crippen molar-refractivity contribution in [1.82, 2.24) is 4.90 Å². The zero-order chi connectivity index (χ0) is 14.9. The zero-order valence-corrected chi connectivity index (χ0v) is 13.3. The lowest BCUT2D eigenvalue weighted by molar-refractivity contribution is -0.140. The largest absolute Gasteiger partial charge is 0.341 e. The SMILES string of the molecule is CN(Cc1cc(Cl)cc(Cl)c1)C(=O)C1(C)CCCC1N. The van der Waals surface area contributed by atoms with Crippen molar-refractivity contribution in [3.8, 4) is 0 Å². The predicted octanol–water partition coefficient (Wildman–Crippen LogP) is 3.47. The molecule has 1 aromatic rings. The van der Waals surface area contributed by atoms with E-state index in [1.54, 1.807) is 18.0 Å². The minimum absolute atomic E-state index is 0.0552. The molecular weight excluding hydrogens is 295 g/mol. The van der Waals surface area contributed by atoms with Crippen molar-refractivity contribution >= 4 is 29.1 Å². The number of hydrogen-bond donors (Lipinski definition) is 1. The standard InChI is InChI=1S/C15H20Cl2N2O/c1-15(5-3-4-13(15)18)14(20)19(2)9-10-6-11(16)8-12(17)7-10/h6-8,13H,3-5,9,18H2,1-2H3. The van der Waals surface area contributed by atoms with Crippen molar-refractivity contribution in [3.63, 3.8) is 0 Å². The monoisotopic (exact) mass is 314 g/mol. The second kappa shape index (κ2) is 5.92. The third-order valence-electron chi connectivity index (χ3n) is 4.21. The minimum atomic E-state index is -0.447. The van der Waals surface area contributed by atoms with E-state index < -0.39 is 5.41 Å². The smallest absolute Gasteiger partial charge is 0.230 e. The minimum Gasteiger partial charge on any atom is -0.341 e. The van der Waals surface area contributed by atoms with Gasteiger partial charge in [-0.2, -0.15) is 0 Å². The lowest BCUT2D eigenvalue weighted by Gasteiger charge is -2.32. The Morgan fingerprint density at radius 3 is 2.50 bits per heavy atom. The first-order chi connectivity index (χ1) is 9.33. The maximum atomic E-state index is 12.6. The van der Waals surface area contributed by atoms with E-state index in [2.05, 4.69) is 0 Å². The molecular formula is C15H20Cl2N2O. The summed E-state index contributed by atoms with van der Waals surface area (Å²) >= 11 is 12.0. The van der Waals surface area contributed by atoms with Gasteiger partial charge in [-0.05, 0) is 43.5 Å². The van der Waals surface area contributed by atoms with Crippen molar-refractivity contribution in [1.29, 1.82) is 0 Å². The summed E-state index contributed by atoms with van der Waals surface area (Å²) in [5, 5.41) is 1.16. The summed E-state index contributed by atoms with van der Waals surface area (Å²) in [6.07, 6.45) is 2.78. The zero-order valence-electron chi connectivity index (χ0n) is 11.8. The molecule has 0 aliphatic heterocycles. The third kappa shape index (κ3) is 3.11. The highest BCUT2D eigenvalue weighted by Gasteiger charge is 2.44. The molecule has 0 heterocycles. The molecule has 2 unspecified atom stereocenters. The first-order valence-corrected chi connectivity index (χ1v) is 7.54. The summed E-state index contributed by atoms with van der Waals surface area (Å²) in [7, 11) is 1.80. The maximum absolute atomic E-state index is 12.6. The predicted molar refractivity (Wildman–Crippen MR) is 82.9 cm³/mol. The van der Waals surface area contributed by atoms with E-state index in [1.807, 2.05) is 19.1 Å². The Labute approximate surface area is 130 Å². The van der Waals surface area contributed by atoms with E-state index in [1.165, 1.54) is 0 Å². The number of halogens is 2. The van der Waals surface area contributed by atoms with E-state index in [4.69, 9.17) is 28.9 Å². The van der Waals surface area contributed by atoms with Gasteiger partial charge >= 0.3 is 0 Å². The fraction of sp³-hybridized carbons (Fsp3) is 0.533. The molecule has 0 bridgehead atoms. The highest BCUT2D eigenvalue weighted by Crippen LogP contribution is 2.38. The first kappa shape index (κ1) is 15.6. The van der Waals surface area contributed by atoms with Crippen LogP contribution >= 0.6 is 23.2 Å². The van der Waals surface area contributed by atoms with Gasteiger partial charge in [0.1, 0.15) is 0 Å². The molecule has 20 heavy (non-hydrogen) atoms. The molecule has 1 fully saturated rings. The Kier molecular flexibility index (Phi) is 4.62. The lowest BCUT2D eigenvalue weighted by atomic mass is 9.83. The van der Waals surface area contributed by atoms with Crippen LogP contribution in [0.15, 0.2) is 18.2 Å². The summed E-state index contributed by atoms with van der Waals surface area (Å²) < 4.78 is 0. The average molecular weight is 315 g/mol. The molecule has 1 saturated carbocycles. The lowest BCUT2D eigenvalue weighted by Crippen LogP contribution is -2.47. The van der Waals surface area contributed by atoms with Gasteiger partial charge in [-0.1, -0.05) is 29.6 Å². The summed E-state index contributed by atoms with van der Waals surface area (Å²) in [5.74, 6) is 0.0959. The highest BCUT2D eigenvalue weighted by atomic mass is 35.5. The number of nitrogens with two attached hydrogens (primary N) is 1. The molecule has 2 N–H and O–H groups in total. The van der Waals surface area contributed by atoms with Gasteiger partial charge in [-0.3, -0.25) is 4.79 Å². The fourth-order valence-electron chi connectivity index (χ4n) is 2.94. The van der Waals surface area contributed by atoms with Gasteiger partial charge in [0.25, 0.3) is 0 Å². The number of rotatable bonds is 3. The Morgan fingerprint density at radius 1 is 1.40 bits per heavy atom. The van der Waals surface area contributed by atoms with Gasteiger partial charge in [0.05, 0.1) is 5.41 Å². The molecule has 1 amide bonds. The molecule has 0 aromatic heterocycles. The molecule has 0 saturated heterocycles. The first-order valence-electron chi connectivity index (χ1n) is 6.79. The van der Waals surface area contributed by atoms with Crippen LogP contribution < -0.4 is 5.73 Å². The van der Waals surface area contributed by atoms with Gasteiger partial charge in [0.2, 0.25) is 5.91 Å². The molecule has 3 nitrogen and oxygen atoms in total. The van der Waals surface area contributed by atoms with Crippen LogP contribution in [0.4, 0.5) is 0 Å². The maximum Gasteiger partial charge on any atom is 0.230 e. The third-order valence-corrected chi connectivity index (χ3v) is 4.64. The molecule has 1 aromatic carbocycles. The normalized spacial score (nSPS) is 25.8. The van der Waals surface area contributed by atoms with Crippen LogP contribution in [0.2, 0.25) is 10.0 Å². The van der Waals surface area contributed by atoms with Crippen molar-refractivity contribution in [3.05, 3.63) is 33.8 Å². The van der Waals surface area contributed by atoms with Crippen molar-refractivity contribution < 1.29 is 4.79 Å². The van der Waals surface area contributed by atoms with E-state index in [0.717, 1.165) is 24.8 Å². The average Bonchev–Trinajstić information content (AvgIpc) is 2.68. The van der Waals surface area contributed by atoms with E-state index in [-0.39, 0.29) is 11.9 Å². The van der Waals surface area contributed by atoms with Crippen LogP contribution in [0, 0.1) is 5.41 Å². The Balaban J connectivity index is 2.11. The molecule has 0 radical (unpaired) electrons. The molecule has 0 spiro atoms. The second-order valence-corrected chi connectivity index (χ2v) is 6.73. The summed E-state index contributed by atoms with van der Waals surface area (Å²) in [6.45, 7) is 2.45. The molecule has 1 aliphatic carbocycles. The Bertz CT molecular complexity index is 500. The van der Waals surface area contributed by atoms with Crippen molar-refractivity contribution in [2.75, 3.05) is 7.05 Å². The van der Waals surface area contributed by atoms with Gasteiger partial charge in [0.15, 0.2) is 0 Å². The Morgan fingerprint density at radius 2 is 2.00 bits per heavy atom. The van der Waals surface area contributed by atoms with Crippen LogP contribution in [0.3, 0.4) is 0 Å². The van der Waals surface area contributed by atoms with Crippen LogP contribution in [-0.4, -0.2) is 23.9 Å². The fourth-order valence-corrected chi connectivity index (χ4v) is 3.51. The van der Waals surface area contributed by atoms with Crippen LogP contribution in [0.1, 0.15) is 31.7 Å². The molecule has 1 aliphatic rings. The van der Waals surface area contributed by atoms with Gasteiger partial charge in [-0.25, -0.2) is 0 Å². The number of carbonyl (C=O) groups is 1. The topological polar surface area (TPSA) is 46.3 Å². The van der Waals surface area contributed by atoms with Crippen LogP contribution in [0.25, 0.3) is 0 Å². The molecule has 2 rings (SSSR count). The van der Waals surface area contributed by atoms with E-state index in [9.17, 15) is 4.79 Å². The number of nitrogens with zero attached hydrogens (tertiary/aromatic N) is 1. The second-order valence-electron chi connectivity index (χ2n) is 5.86. The van der Waals surface area contributed by atoms with Crippen LogP contribution in [0.5, 0.6) is 0 Å². The summed E-state index contributed by atoms with van der Waals surface area (Å²) in [4.78, 5) is 14.3. The van der Waals surface area contributed by atoms with E-state index >= 15 is 0 Å². The highest BCUT2D eigenvalue weighted by molar-refractivity contribution is 6.34. The number of benzene rings is 1. The number of hydrogen-bond acceptors (Lipinski definition) is 2. The number of carbonyl (C=O) groups excluding carboxylic acids is 1. The van der Waals surface area contributed by atoms with Crippen molar-refractivity contribution in [2.24, 2.45) is 11.1 Å². The van der Waals surface area contributed by atoms with E-state index in [0.29, 0.717) is 16.6 Å². The molecule has 2 atom stereocenters. The quantitative estimate of drug-likeness (QED) is 0.928. The summed E-state index contributed by atoms with van der Waals surface area (Å²) in [6, 6.07) is 5.28. The summed E-state index contributed by atoms with van der Waals surface area (Å²) in [5.41, 5.74) is 6.58. The van der Waals surface area contributed by atoms with Crippen LogP contribution in [-0.2, 0) is 11.3 Å². The van der Waals surface area contributed by atoms with Crippen molar-refractivity contribution in [2.45, 2.75) is 38.8 Å². The molecule has 110 valence electrons. The van der Waals surface area contributed by atoms with Gasteiger partial charge in [0, 0.05) is 29.7 Å². The molecule has 5 heteroatoms. The Hall–Kier alpha value is -0.770. The number of amides is 1. The van der Waals surface area contributed by atoms with Gasteiger partial charge < -0.3 is 10.6 Å².